The SMILES string of the molecule is CCc1ccc(NC(=O)C(C)OC(=O)C(C(C)C)N(C)C)cc1. The van der Waals surface area contributed by atoms with Crippen molar-refractivity contribution in [1.29, 1.82) is 0 Å². The van der Waals surface area contributed by atoms with Crippen molar-refractivity contribution in [3.63, 3.8) is 0 Å². The van der Waals surface area contributed by atoms with Gasteiger partial charge in [-0.05, 0) is 51.1 Å². The molecule has 1 aromatic carbocycles. The van der Waals surface area contributed by atoms with E-state index in [1.54, 1.807) is 11.8 Å². The Kier molecular flexibility index (Phi) is 7.23. The normalized spacial score (nSPS) is 13.7. The molecule has 1 N–H and O–H groups in total. The van der Waals surface area contributed by atoms with E-state index in [-0.39, 0.29) is 23.8 Å². The summed E-state index contributed by atoms with van der Waals surface area (Å²) in [7, 11) is 3.65. The van der Waals surface area contributed by atoms with Gasteiger partial charge < -0.3 is 10.1 Å². The highest BCUT2D eigenvalue weighted by molar-refractivity contribution is 5.95. The van der Waals surface area contributed by atoms with E-state index in [9.17, 15) is 9.59 Å². The number of carbonyl (C=O) groups excluding carboxylic acids is 2. The van der Waals surface area contributed by atoms with Gasteiger partial charge in [0.2, 0.25) is 0 Å². The average molecular weight is 320 g/mol. The van der Waals surface area contributed by atoms with E-state index in [0.29, 0.717) is 5.69 Å². The Labute approximate surface area is 139 Å². The van der Waals surface area contributed by atoms with Crippen LogP contribution in [0.4, 0.5) is 5.69 Å². The third-order valence-electron chi connectivity index (χ3n) is 3.72. The molecular weight excluding hydrogens is 292 g/mol. The molecule has 0 saturated heterocycles. The van der Waals surface area contributed by atoms with Gasteiger partial charge in [0.05, 0.1) is 0 Å². The van der Waals surface area contributed by atoms with Gasteiger partial charge in [-0.2, -0.15) is 0 Å². The molecule has 0 aliphatic carbocycles. The largest absolute Gasteiger partial charge is 0.451 e. The molecule has 0 fully saturated rings. The van der Waals surface area contributed by atoms with Crippen molar-refractivity contribution in [2.24, 2.45) is 5.92 Å². The molecule has 0 aliphatic rings. The molecule has 0 bridgehead atoms. The summed E-state index contributed by atoms with van der Waals surface area (Å²) in [6, 6.07) is 7.26. The van der Waals surface area contributed by atoms with Crippen LogP contribution in [0.3, 0.4) is 0 Å². The summed E-state index contributed by atoms with van der Waals surface area (Å²) in [6.45, 7) is 7.56. The van der Waals surface area contributed by atoms with Gasteiger partial charge in [0.15, 0.2) is 6.10 Å². The lowest BCUT2D eigenvalue weighted by atomic mass is 10.0. The number of amides is 1. The van der Waals surface area contributed by atoms with Crippen LogP contribution in [0, 0.1) is 5.92 Å². The van der Waals surface area contributed by atoms with Crippen LogP contribution < -0.4 is 5.32 Å². The summed E-state index contributed by atoms with van der Waals surface area (Å²) in [5.74, 6) is -0.604. The zero-order chi connectivity index (χ0) is 17.6. The number of ether oxygens (including phenoxy) is 1. The van der Waals surface area contributed by atoms with Gasteiger partial charge in [0.25, 0.3) is 5.91 Å². The minimum atomic E-state index is -0.838. The fourth-order valence-electron chi connectivity index (χ4n) is 2.44. The summed E-state index contributed by atoms with van der Waals surface area (Å²) >= 11 is 0. The first-order chi connectivity index (χ1) is 10.8. The predicted octanol–water partition coefficient (Wildman–Crippen LogP) is 2.71. The predicted molar refractivity (Wildman–Crippen MR) is 92.3 cm³/mol. The van der Waals surface area contributed by atoms with Crippen LogP contribution >= 0.6 is 0 Å². The third kappa shape index (κ3) is 5.67. The number of carbonyl (C=O) groups is 2. The Balaban J connectivity index is 2.63. The van der Waals surface area contributed by atoms with Gasteiger partial charge in [-0.15, -0.1) is 0 Å². The number of aryl methyl sites for hydroxylation is 1. The Morgan fingerprint density at radius 2 is 1.70 bits per heavy atom. The molecule has 1 aromatic rings. The highest BCUT2D eigenvalue weighted by Crippen LogP contribution is 2.13. The van der Waals surface area contributed by atoms with E-state index in [1.165, 1.54) is 5.56 Å². The molecule has 1 amide bonds. The maximum absolute atomic E-state index is 12.2. The highest BCUT2D eigenvalue weighted by Gasteiger charge is 2.29. The summed E-state index contributed by atoms with van der Waals surface area (Å²) in [5.41, 5.74) is 1.90. The van der Waals surface area contributed by atoms with Gasteiger partial charge in [-0.25, -0.2) is 0 Å². The zero-order valence-corrected chi connectivity index (χ0v) is 14.9. The fraction of sp³-hybridized carbons (Fsp3) is 0.556. The monoisotopic (exact) mass is 320 g/mol. The van der Waals surface area contributed by atoms with Crippen molar-refractivity contribution in [2.75, 3.05) is 19.4 Å². The molecule has 0 saturated carbocycles. The second-order valence-corrected chi connectivity index (χ2v) is 6.27. The number of anilines is 1. The van der Waals surface area contributed by atoms with Crippen LogP contribution in [0.5, 0.6) is 0 Å². The second-order valence-electron chi connectivity index (χ2n) is 6.27. The molecule has 2 unspecified atom stereocenters. The maximum atomic E-state index is 12.2. The van der Waals surface area contributed by atoms with Crippen LogP contribution in [0.25, 0.3) is 0 Å². The lowest BCUT2D eigenvalue weighted by Crippen LogP contribution is -2.43. The van der Waals surface area contributed by atoms with Gasteiger partial charge in [0, 0.05) is 5.69 Å². The van der Waals surface area contributed by atoms with Crippen molar-refractivity contribution in [3.05, 3.63) is 29.8 Å². The van der Waals surface area contributed by atoms with Crippen LogP contribution in [0.1, 0.15) is 33.3 Å². The molecule has 128 valence electrons. The fourth-order valence-corrected chi connectivity index (χ4v) is 2.44. The second kappa shape index (κ2) is 8.67. The third-order valence-corrected chi connectivity index (χ3v) is 3.72. The maximum Gasteiger partial charge on any atom is 0.324 e. The van der Waals surface area contributed by atoms with Crippen LogP contribution in [0.15, 0.2) is 24.3 Å². The first-order valence-corrected chi connectivity index (χ1v) is 8.03. The Hall–Kier alpha value is -1.88. The molecule has 0 spiro atoms. The van der Waals surface area contributed by atoms with E-state index < -0.39 is 6.10 Å². The first-order valence-electron chi connectivity index (χ1n) is 8.03. The Morgan fingerprint density at radius 1 is 1.13 bits per heavy atom. The number of nitrogens with one attached hydrogen (secondary N) is 1. The first kappa shape index (κ1) is 19.2. The summed E-state index contributed by atoms with van der Waals surface area (Å²) in [6.07, 6.45) is 0.109. The standard InChI is InChI=1S/C18H28N2O3/c1-7-14-8-10-15(11-9-14)19-17(21)13(4)23-18(22)16(12(2)3)20(5)6/h8-13,16H,7H2,1-6H3,(H,19,21). The molecule has 1 rings (SSSR count). The summed E-state index contributed by atoms with van der Waals surface area (Å²) < 4.78 is 5.32. The minimum absolute atomic E-state index is 0.106. The average Bonchev–Trinajstić information content (AvgIpc) is 2.46. The van der Waals surface area contributed by atoms with Crippen molar-refractivity contribution in [2.45, 2.75) is 46.3 Å². The minimum Gasteiger partial charge on any atom is -0.451 e. The number of esters is 1. The number of hydrogen-bond donors (Lipinski definition) is 1. The molecule has 5 heteroatoms. The highest BCUT2D eigenvalue weighted by atomic mass is 16.5. The number of likely N-dealkylation sites (N-methyl/N-ethyl adjacent to an activating group) is 1. The number of hydrogen-bond acceptors (Lipinski definition) is 4. The van der Waals surface area contributed by atoms with E-state index in [0.717, 1.165) is 6.42 Å². The van der Waals surface area contributed by atoms with E-state index in [1.807, 2.05) is 52.2 Å². The van der Waals surface area contributed by atoms with Gasteiger partial charge in [-0.1, -0.05) is 32.9 Å². The summed E-state index contributed by atoms with van der Waals surface area (Å²) in [5, 5.41) is 2.77. The molecule has 5 nitrogen and oxygen atoms in total. The van der Waals surface area contributed by atoms with Gasteiger partial charge >= 0.3 is 5.97 Å². The topological polar surface area (TPSA) is 58.6 Å². The molecule has 23 heavy (non-hydrogen) atoms. The smallest absolute Gasteiger partial charge is 0.324 e. The van der Waals surface area contributed by atoms with E-state index in [4.69, 9.17) is 4.74 Å². The molecule has 2 atom stereocenters. The summed E-state index contributed by atoms with van der Waals surface area (Å²) in [4.78, 5) is 26.2. The molecule has 0 aromatic heterocycles. The number of rotatable bonds is 7. The molecule has 0 aliphatic heterocycles. The molecule has 0 heterocycles. The van der Waals surface area contributed by atoms with Crippen molar-refractivity contribution in [1.82, 2.24) is 4.90 Å². The van der Waals surface area contributed by atoms with Crippen LogP contribution in [-0.2, 0) is 20.7 Å². The Morgan fingerprint density at radius 3 is 2.13 bits per heavy atom. The molecular formula is C18H28N2O3. The quantitative estimate of drug-likeness (QED) is 0.785. The van der Waals surface area contributed by atoms with Crippen molar-refractivity contribution in [3.8, 4) is 0 Å². The van der Waals surface area contributed by atoms with Crippen molar-refractivity contribution >= 4 is 17.6 Å². The number of nitrogens with zero attached hydrogens (tertiary/aromatic N) is 1. The van der Waals surface area contributed by atoms with Crippen molar-refractivity contribution < 1.29 is 14.3 Å². The zero-order valence-electron chi connectivity index (χ0n) is 14.9. The van der Waals surface area contributed by atoms with Gasteiger partial charge in [0.1, 0.15) is 6.04 Å². The lowest BCUT2D eigenvalue weighted by Gasteiger charge is -2.27. The van der Waals surface area contributed by atoms with E-state index in [2.05, 4.69) is 12.2 Å². The van der Waals surface area contributed by atoms with Crippen LogP contribution in [-0.4, -0.2) is 43.0 Å². The Bertz CT molecular complexity index is 516. The number of benzene rings is 1. The van der Waals surface area contributed by atoms with E-state index >= 15 is 0 Å². The molecule has 0 radical (unpaired) electrons. The lowest BCUT2D eigenvalue weighted by molar-refractivity contribution is -0.159. The van der Waals surface area contributed by atoms with Crippen LogP contribution in [0.2, 0.25) is 0 Å². The van der Waals surface area contributed by atoms with Gasteiger partial charge in [-0.3, -0.25) is 14.5 Å².